The molecule has 2 nitrogen and oxygen atoms in total. The summed E-state index contributed by atoms with van der Waals surface area (Å²) in [5.41, 5.74) is 2.92. The Labute approximate surface area is 175 Å². The highest BCUT2D eigenvalue weighted by Crippen LogP contribution is 2.35. The van der Waals surface area contributed by atoms with Gasteiger partial charge in [0.05, 0.1) is 6.10 Å². The molecule has 0 spiro atoms. The highest BCUT2D eigenvalue weighted by molar-refractivity contribution is 5.25. The van der Waals surface area contributed by atoms with Crippen molar-refractivity contribution in [2.45, 2.75) is 76.7 Å². The van der Waals surface area contributed by atoms with Gasteiger partial charge in [0.15, 0.2) is 5.83 Å². The first-order chi connectivity index (χ1) is 14.2. The topological polar surface area (TPSA) is 33.0 Å². The molecule has 2 saturated carbocycles. The zero-order chi connectivity index (χ0) is 20.5. The predicted molar refractivity (Wildman–Crippen MR) is 116 cm³/mol. The van der Waals surface area contributed by atoms with Crippen molar-refractivity contribution in [3.05, 3.63) is 59.4 Å². The van der Waals surface area contributed by atoms with Crippen molar-refractivity contribution in [1.29, 1.82) is 5.26 Å². The fourth-order valence-electron chi connectivity index (χ4n) is 4.74. The van der Waals surface area contributed by atoms with E-state index in [-0.39, 0.29) is 0 Å². The maximum atomic E-state index is 12.8. The van der Waals surface area contributed by atoms with E-state index in [1.54, 1.807) is 6.08 Å². The molecule has 0 heterocycles. The number of aryl methyl sites for hydroxylation is 1. The fraction of sp³-hybridized carbons (Fsp3) is 0.577. The van der Waals surface area contributed by atoms with E-state index in [1.807, 2.05) is 6.08 Å². The number of allylic oxidation sites excluding steroid dienone is 4. The lowest BCUT2D eigenvalue weighted by molar-refractivity contribution is -0.00337. The summed E-state index contributed by atoms with van der Waals surface area (Å²) in [5, 5.41) is 8.42. The van der Waals surface area contributed by atoms with Gasteiger partial charge in [-0.25, -0.2) is 0 Å². The molecule has 2 aliphatic carbocycles. The van der Waals surface area contributed by atoms with E-state index >= 15 is 0 Å². The molecule has 0 unspecified atom stereocenters. The summed E-state index contributed by atoms with van der Waals surface area (Å²) in [6.07, 6.45) is 16.0. The fourth-order valence-corrected chi connectivity index (χ4v) is 4.74. The Morgan fingerprint density at radius 3 is 2.38 bits per heavy atom. The van der Waals surface area contributed by atoms with Crippen LogP contribution in [0.15, 0.2) is 48.3 Å². The smallest absolute Gasteiger partial charge is 0.199 e. The quantitative estimate of drug-likeness (QED) is 0.367. The van der Waals surface area contributed by atoms with Crippen LogP contribution >= 0.6 is 0 Å². The third-order valence-electron chi connectivity index (χ3n) is 6.73. The highest BCUT2D eigenvalue weighted by atomic mass is 19.1. The Balaban J connectivity index is 1.33. The molecule has 0 atom stereocenters. The third kappa shape index (κ3) is 6.82. The van der Waals surface area contributed by atoms with Crippen LogP contribution in [0, 0.1) is 23.2 Å². The van der Waals surface area contributed by atoms with Crippen molar-refractivity contribution >= 4 is 0 Å². The molecule has 3 rings (SSSR count). The van der Waals surface area contributed by atoms with Gasteiger partial charge < -0.3 is 4.74 Å². The summed E-state index contributed by atoms with van der Waals surface area (Å²) >= 11 is 0. The van der Waals surface area contributed by atoms with Crippen LogP contribution in [0.5, 0.6) is 0 Å². The van der Waals surface area contributed by atoms with Crippen molar-refractivity contribution in [2.24, 2.45) is 11.8 Å². The van der Waals surface area contributed by atoms with Gasteiger partial charge in [-0.15, -0.1) is 0 Å². The molecule has 3 heteroatoms. The largest absolute Gasteiger partial charge is 0.378 e. The van der Waals surface area contributed by atoms with Gasteiger partial charge in [0.2, 0.25) is 0 Å². The number of ether oxygens (including phenoxy) is 1. The summed E-state index contributed by atoms with van der Waals surface area (Å²) in [6, 6.07) is 10.7. The first-order valence-electron chi connectivity index (χ1n) is 11.3. The minimum Gasteiger partial charge on any atom is -0.378 e. The molecule has 1 aromatic rings. The molecule has 2 fully saturated rings. The van der Waals surface area contributed by atoms with Crippen LogP contribution in [0.2, 0.25) is 0 Å². The first-order valence-corrected chi connectivity index (χ1v) is 11.3. The van der Waals surface area contributed by atoms with E-state index in [0.29, 0.717) is 23.9 Å². The van der Waals surface area contributed by atoms with Crippen LogP contribution in [-0.4, -0.2) is 12.7 Å². The number of rotatable bonds is 7. The second kappa shape index (κ2) is 11.3. The molecule has 0 amide bonds. The van der Waals surface area contributed by atoms with E-state index < -0.39 is 5.83 Å². The van der Waals surface area contributed by atoms with Crippen LogP contribution in [0.3, 0.4) is 0 Å². The van der Waals surface area contributed by atoms with Crippen molar-refractivity contribution < 1.29 is 9.13 Å². The lowest BCUT2D eigenvalue weighted by Crippen LogP contribution is -2.25. The summed E-state index contributed by atoms with van der Waals surface area (Å²) < 4.78 is 19.1. The molecular formula is C26H34FNO. The molecule has 1 aromatic carbocycles. The maximum Gasteiger partial charge on any atom is 0.199 e. The lowest BCUT2D eigenvalue weighted by atomic mass is 9.81. The summed E-state index contributed by atoms with van der Waals surface area (Å²) in [5.74, 6) is 1.13. The molecule has 156 valence electrons. The second-order valence-electron chi connectivity index (χ2n) is 8.69. The van der Waals surface area contributed by atoms with Crippen LogP contribution < -0.4 is 0 Å². The van der Waals surface area contributed by atoms with Gasteiger partial charge in [-0.1, -0.05) is 43.3 Å². The number of hydrogen-bond donors (Lipinski definition) is 0. The van der Waals surface area contributed by atoms with Crippen molar-refractivity contribution in [2.75, 3.05) is 6.61 Å². The Morgan fingerprint density at radius 1 is 1.07 bits per heavy atom. The Kier molecular flexibility index (Phi) is 8.50. The van der Waals surface area contributed by atoms with Gasteiger partial charge in [-0.05, 0) is 92.7 Å². The van der Waals surface area contributed by atoms with E-state index in [2.05, 4.69) is 31.2 Å². The van der Waals surface area contributed by atoms with Crippen LogP contribution in [-0.2, 0) is 11.2 Å². The average Bonchev–Trinajstić information content (AvgIpc) is 2.79. The normalized spacial score (nSPS) is 28.4. The third-order valence-corrected chi connectivity index (χ3v) is 6.73. The van der Waals surface area contributed by atoms with E-state index in [4.69, 9.17) is 10.00 Å². The SMILES string of the molecule is CCc1ccc([C@H]2CC[C@H](OC[C@H]3CC[C@H](/C=C/C=C(\F)C#N)CC3)CC2)cc1. The molecule has 0 aromatic heterocycles. The minimum absolute atomic E-state index is 0.429. The van der Waals surface area contributed by atoms with Crippen LogP contribution in [0.1, 0.15) is 75.3 Å². The predicted octanol–water partition coefficient (Wildman–Crippen LogP) is 7.03. The van der Waals surface area contributed by atoms with Gasteiger partial charge in [-0.3, -0.25) is 0 Å². The van der Waals surface area contributed by atoms with Crippen molar-refractivity contribution in [3.63, 3.8) is 0 Å². The molecule has 0 aliphatic heterocycles. The second-order valence-corrected chi connectivity index (χ2v) is 8.69. The number of benzene rings is 1. The lowest BCUT2D eigenvalue weighted by Gasteiger charge is -2.32. The van der Waals surface area contributed by atoms with Gasteiger partial charge in [0.25, 0.3) is 0 Å². The Bertz CT molecular complexity index is 714. The zero-order valence-corrected chi connectivity index (χ0v) is 17.7. The number of nitrogens with zero attached hydrogens (tertiary/aromatic N) is 1. The monoisotopic (exact) mass is 395 g/mol. The first kappa shape index (κ1) is 21.8. The maximum absolute atomic E-state index is 12.8. The molecule has 0 radical (unpaired) electrons. The molecule has 0 N–H and O–H groups in total. The summed E-state index contributed by atoms with van der Waals surface area (Å²) in [7, 11) is 0. The minimum atomic E-state index is -0.726. The van der Waals surface area contributed by atoms with E-state index in [1.165, 1.54) is 61.8 Å². The number of halogens is 1. The van der Waals surface area contributed by atoms with Crippen molar-refractivity contribution in [3.8, 4) is 6.07 Å². The standard InChI is InChI=1S/C26H34FNO/c1-2-20-10-12-23(13-11-20)24-14-16-26(17-15-24)29-19-22-8-6-21(7-9-22)4-3-5-25(27)18-28/h3-5,10-13,21-22,24,26H,2,6-9,14-17,19H2,1H3/b4-3+,25-5-/t21-,22-,24-,26-. The van der Waals surface area contributed by atoms with Crippen LogP contribution in [0.25, 0.3) is 0 Å². The Hall–Kier alpha value is -1.92. The number of hydrogen-bond acceptors (Lipinski definition) is 2. The molecule has 29 heavy (non-hydrogen) atoms. The van der Waals surface area contributed by atoms with Crippen molar-refractivity contribution in [1.82, 2.24) is 0 Å². The van der Waals surface area contributed by atoms with Gasteiger partial charge >= 0.3 is 0 Å². The molecular weight excluding hydrogens is 361 g/mol. The van der Waals surface area contributed by atoms with E-state index in [0.717, 1.165) is 25.9 Å². The number of nitriles is 1. The molecule has 0 saturated heterocycles. The van der Waals surface area contributed by atoms with Crippen LogP contribution in [0.4, 0.5) is 4.39 Å². The molecule has 2 aliphatic rings. The summed E-state index contributed by atoms with van der Waals surface area (Å²) in [6.45, 7) is 3.09. The van der Waals surface area contributed by atoms with E-state index in [9.17, 15) is 4.39 Å². The van der Waals surface area contributed by atoms with Gasteiger partial charge in [-0.2, -0.15) is 9.65 Å². The molecule has 0 bridgehead atoms. The van der Waals surface area contributed by atoms with Gasteiger partial charge in [0.1, 0.15) is 6.07 Å². The van der Waals surface area contributed by atoms with Gasteiger partial charge in [0, 0.05) is 6.61 Å². The zero-order valence-electron chi connectivity index (χ0n) is 17.7. The average molecular weight is 396 g/mol. The summed E-state index contributed by atoms with van der Waals surface area (Å²) in [4.78, 5) is 0. The highest BCUT2D eigenvalue weighted by Gasteiger charge is 2.25. The Morgan fingerprint density at radius 2 is 1.76 bits per heavy atom.